The molecule has 4 atom stereocenters. The van der Waals surface area contributed by atoms with Gasteiger partial charge in [0.2, 0.25) is 5.78 Å². The number of likely N-dealkylation sites (N-methyl/N-ethyl adjacent to an activating group) is 1. The summed E-state index contributed by atoms with van der Waals surface area (Å²) in [5.41, 5.74) is 2.76. The number of fused-ring (bicyclic) bond motifs is 3. The fourth-order valence-corrected chi connectivity index (χ4v) is 6.89. The van der Waals surface area contributed by atoms with Gasteiger partial charge in [0.1, 0.15) is 28.6 Å². The average molecular weight is 571 g/mol. The summed E-state index contributed by atoms with van der Waals surface area (Å²) in [6.45, 7) is 9.30. The largest absolute Gasteiger partial charge is 0.510 e. The Morgan fingerprint density at radius 1 is 1.20 bits per heavy atom. The number of phenolic OH excluding ortho intramolecular Hbond substituents is 1. The van der Waals surface area contributed by atoms with Gasteiger partial charge >= 0.3 is 0 Å². The number of amides is 1. The van der Waals surface area contributed by atoms with Crippen LogP contribution in [0.5, 0.6) is 11.5 Å². The molecule has 0 unspecified atom stereocenters. The van der Waals surface area contributed by atoms with Crippen LogP contribution >= 0.6 is 0 Å². The maximum Gasteiger partial charge on any atom is 0.254 e. The van der Waals surface area contributed by atoms with Crippen LogP contribution in [0.1, 0.15) is 50.8 Å². The van der Waals surface area contributed by atoms with E-state index >= 15 is 0 Å². The van der Waals surface area contributed by atoms with Crippen molar-refractivity contribution in [2.75, 3.05) is 27.7 Å². The monoisotopic (exact) mass is 570 g/mol. The van der Waals surface area contributed by atoms with E-state index in [4.69, 9.17) is 15.9 Å². The molecule has 41 heavy (non-hydrogen) atoms. The predicted octanol–water partition coefficient (Wildman–Crippen LogP) is 2.29. The van der Waals surface area contributed by atoms with Gasteiger partial charge in [-0.25, -0.2) is 0 Å². The molecule has 0 spiro atoms. The number of ketones is 1. The topological polar surface area (TPSA) is 181 Å². The third-order valence-electron chi connectivity index (χ3n) is 8.27. The second-order valence-corrected chi connectivity index (χ2v) is 12.5. The lowest BCUT2D eigenvalue weighted by Crippen LogP contribution is -2.67. The number of hydrogen-bond donors (Lipinski definition) is 6. The summed E-state index contributed by atoms with van der Waals surface area (Å²) >= 11 is 0. The molecule has 1 saturated carbocycles. The van der Waals surface area contributed by atoms with Gasteiger partial charge in [-0.05, 0) is 65.7 Å². The van der Waals surface area contributed by atoms with E-state index in [2.05, 4.69) is 18.7 Å². The van der Waals surface area contributed by atoms with E-state index in [0.717, 1.165) is 12.1 Å². The van der Waals surface area contributed by atoms with Crippen LogP contribution in [0.4, 0.5) is 0 Å². The summed E-state index contributed by atoms with van der Waals surface area (Å²) in [5, 5.41) is 54.2. The van der Waals surface area contributed by atoms with Crippen LogP contribution in [0.25, 0.3) is 5.76 Å². The van der Waals surface area contributed by atoms with Crippen molar-refractivity contribution in [2.24, 2.45) is 23.5 Å². The van der Waals surface area contributed by atoms with Crippen molar-refractivity contribution in [3.05, 3.63) is 39.7 Å². The number of ether oxygens (including phenoxy) is 1. The summed E-state index contributed by atoms with van der Waals surface area (Å²) in [6, 6.07) is 0.549. The molecule has 3 aliphatic rings. The number of rotatable bonds is 8. The first-order valence-corrected chi connectivity index (χ1v) is 13.9. The second-order valence-electron chi connectivity index (χ2n) is 12.5. The molecule has 3 aliphatic carbocycles. The molecule has 0 radical (unpaired) electrons. The molecule has 0 aromatic heterocycles. The van der Waals surface area contributed by atoms with E-state index < -0.39 is 58.0 Å². The molecule has 11 heteroatoms. The number of aromatic hydroxyl groups is 1. The molecular weight excluding hydrogens is 528 g/mol. The number of carbonyl (C=O) groups is 2. The molecule has 7 N–H and O–H groups in total. The SMILES string of the molecule is CC(C)CN(C)Cc1cc(O)c2c(c1OC(C)C)C[C@H]1C[C@H]3[C@H](N(C)C)C(O)=C(C(N)=O)C(=N)[C@@]3(O)C(=O)C1=C2O. The number of nitrogens with one attached hydrogen (secondary N) is 1. The van der Waals surface area contributed by atoms with Gasteiger partial charge in [-0.2, -0.15) is 0 Å². The third kappa shape index (κ3) is 4.89. The minimum absolute atomic E-state index is 0.0533. The maximum atomic E-state index is 14.1. The molecule has 1 amide bonds. The zero-order valence-corrected chi connectivity index (χ0v) is 24.8. The van der Waals surface area contributed by atoms with Gasteiger partial charge in [-0.3, -0.25) is 14.5 Å². The van der Waals surface area contributed by atoms with Crippen molar-refractivity contribution in [2.45, 2.75) is 64.8 Å². The van der Waals surface area contributed by atoms with Gasteiger partial charge in [0.05, 0.1) is 23.4 Å². The first kappa shape index (κ1) is 30.5. The Morgan fingerprint density at radius 2 is 1.83 bits per heavy atom. The highest BCUT2D eigenvalue weighted by atomic mass is 16.5. The van der Waals surface area contributed by atoms with Crippen LogP contribution in [0, 0.1) is 23.2 Å². The highest BCUT2D eigenvalue weighted by molar-refractivity contribution is 6.33. The van der Waals surface area contributed by atoms with Gasteiger partial charge < -0.3 is 41.2 Å². The summed E-state index contributed by atoms with van der Waals surface area (Å²) < 4.78 is 6.27. The number of Topliss-reactive ketones (excluding diaryl/α,β-unsaturated/α-hetero) is 1. The average Bonchev–Trinajstić information content (AvgIpc) is 2.82. The fourth-order valence-electron chi connectivity index (χ4n) is 6.89. The molecular formula is C30H42N4O7. The fraction of sp³-hybridized carbons (Fsp3) is 0.567. The van der Waals surface area contributed by atoms with Crippen LogP contribution < -0.4 is 10.5 Å². The summed E-state index contributed by atoms with van der Waals surface area (Å²) in [5.74, 6) is -3.95. The number of nitrogens with two attached hydrogens (primary N) is 1. The van der Waals surface area contributed by atoms with Gasteiger partial charge in [0.25, 0.3) is 5.91 Å². The van der Waals surface area contributed by atoms with Crippen LogP contribution in [0.15, 0.2) is 23.0 Å². The van der Waals surface area contributed by atoms with Gasteiger partial charge in [0, 0.05) is 35.7 Å². The molecule has 1 aromatic rings. The Balaban J connectivity index is 1.91. The van der Waals surface area contributed by atoms with E-state index in [1.54, 1.807) is 19.0 Å². The lowest BCUT2D eigenvalue weighted by Gasteiger charge is -2.51. The van der Waals surface area contributed by atoms with Gasteiger partial charge in [0.15, 0.2) is 5.60 Å². The highest BCUT2D eigenvalue weighted by Crippen LogP contribution is 2.53. The van der Waals surface area contributed by atoms with Crippen LogP contribution in [0.3, 0.4) is 0 Å². The number of aliphatic hydroxyl groups excluding tert-OH is 2. The number of carbonyl (C=O) groups excluding carboxylic acids is 2. The van der Waals surface area contributed by atoms with Crippen molar-refractivity contribution in [1.82, 2.24) is 9.80 Å². The zero-order chi connectivity index (χ0) is 30.7. The summed E-state index contributed by atoms with van der Waals surface area (Å²) in [7, 11) is 5.24. The quantitative estimate of drug-likeness (QED) is 0.273. The maximum absolute atomic E-state index is 14.1. The smallest absolute Gasteiger partial charge is 0.254 e. The molecule has 0 bridgehead atoms. The molecule has 0 aliphatic heterocycles. The molecule has 0 heterocycles. The van der Waals surface area contributed by atoms with Crippen molar-refractivity contribution in [3.63, 3.8) is 0 Å². The first-order chi connectivity index (χ1) is 19.0. The third-order valence-corrected chi connectivity index (χ3v) is 8.27. The number of aliphatic hydroxyl groups is 3. The Kier molecular flexibility index (Phi) is 8.03. The van der Waals surface area contributed by atoms with Crippen molar-refractivity contribution in [3.8, 4) is 11.5 Å². The van der Waals surface area contributed by atoms with Crippen LogP contribution in [0.2, 0.25) is 0 Å². The second kappa shape index (κ2) is 10.8. The summed E-state index contributed by atoms with van der Waals surface area (Å²) in [4.78, 5) is 30.0. The molecule has 11 nitrogen and oxygen atoms in total. The Labute approximate surface area is 240 Å². The van der Waals surface area contributed by atoms with E-state index in [9.17, 15) is 30.0 Å². The Bertz CT molecular complexity index is 1360. The summed E-state index contributed by atoms with van der Waals surface area (Å²) in [6.07, 6.45) is 0.0990. The lowest BCUT2D eigenvalue weighted by atomic mass is 9.56. The number of benzene rings is 1. The molecule has 4 rings (SSSR count). The molecule has 224 valence electrons. The number of hydrogen-bond acceptors (Lipinski definition) is 10. The van der Waals surface area contributed by atoms with Crippen molar-refractivity contribution < 1.29 is 34.8 Å². The highest BCUT2D eigenvalue weighted by Gasteiger charge is 2.63. The van der Waals surface area contributed by atoms with E-state index in [1.165, 1.54) is 6.07 Å². The molecule has 1 fully saturated rings. The van der Waals surface area contributed by atoms with Crippen LogP contribution in [-0.4, -0.2) is 93.1 Å². The van der Waals surface area contributed by atoms with Crippen molar-refractivity contribution in [1.29, 1.82) is 5.41 Å². The lowest BCUT2D eigenvalue weighted by molar-refractivity contribution is -0.138. The van der Waals surface area contributed by atoms with E-state index in [-0.39, 0.29) is 35.8 Å². The predicted molar refractivity (Wildman–Crippen MR) is 154 cm³/mol. The van der Waals surface area contributed by atoms with Crippen LogP contribution in [-0.2, 0) is 22.6 Å². The standard InChI is InChI=1S/C30H42N4O7/c1-13(2)11-34(7)12-16-10-19(35)21-17(26(16)41-14(3)4)8-15-9-18-23(33(5)6)25(37)22(29(32)39)27(31)30(18,40)28(38)20(15)24(21)36/h10,13-15,18,23,31,35-37,40H,8-9,11-12H2,1-7H3,(H2,32,39)/t15-,18-,23-,30+/m0/s1. The zero-order valence-electron chi connectivity index (χ0n) is 24.8. The number of nitrogens with zero attached hydrogens (tertiary/aromatic N) is 2. The van der Waals surface area contributed by atoms with Gasteiger partial charge in [-0.15, -0.1) is 0 Å². The Hall–Kier alpha value is -3.41. The molecule has 1 aromatic carbocycles. The van der Waals surface area contributed by atoms with E-state index in [1.807, 2.05) is 20.9 Å². The minimum Gasteiger partial charge on any atom is -0.510 e. The number of phenols is 1. The van der Waals surface area contributed by atoms with Gasteiger partial charge in [-0.1, -0.05) is 13.8 Å². The first-order valence-electron chi connectivity index (χ1n) is 13.9. The normalized spacial score (nSPS) is 26.2. The molecule has 0 saturated heterocycles. The van der Waals surface area contributed by atoms with E-state index in [0.29, 0.717) is 23.8 Å². The Morgan fingerprint density at radius 3 is 2.37 bits per heavy atom. The number of primary amides is 1. The van der Waals surface area contributed by atoms with Crippen molar-refractivity contribution >= 4 is 23.2 Å². The minimum atomic E-state index is -2.52.